The van der Waals surface area contributed by atoms with Crippen molar-refractivity contribution in [2.75, 3.05) is 14.2 Å². The number of aliphatic carboxylic acids is 1. The molecule has 12 unspecified atom stereocenters. The highest BCUT2D eigenvalue weighted by atomic mass is 16.7. The molecule has 0 aromatic carbocycles. The molecule has 0 spiro atoms. The highest BCUT2D eigenvalue weighted by Crippen LogP contribution is 2.44. The second-order valence-corrected chi connectivity index (χ2v) is 14.6. The number of ether oxygens (including phenoxy) is 5. The van der Waals surface area contributed by atoms with Gasteiger partial charge in [0.25, 0.3) is 0 Å². The molecule has 2 rings (SSSR count). The third-order valence-electron chi connectivity index (χ3n) is 10.1. The molecule has 0 aromatic rings. The number of methoxy groups -OCH3 is 2. The molecule has 2 aliphatic heterocycles. The van der Waals surface area contributed by atoms with Gasteiger partial charge in [-0.05, 0) is 38.2 Å². The van der Waals surface area contributed by atoms with E-state index in [0.29, 0.717) is 18.1 Å². The van der Waals surface area contributed by atoms with Crippen LogP contribution in [0.25, 0.3) is 0 Å². The van der Waals surface area contributed by atoms with E-state index < -0.39 is 72.2 Å². The zero-order valence-electron chi connectivity index (χ0n) is 31.9. The van der Waals surface area contributed by atoms with Crippen LogP contribution in [0.15, 0.2) is 59.4 Å². The van der Waals surface area contributed by atoms with Gasteiger partial charge in [-0.1, -0.05) is 83.9 Å². The van der Waals surface area contributed by atoms with Gasteiger partial charge in [0, 0.05) is 49.4 Å². The molecular formula is C39H60O12. The van der Waals surface area contributed by atoms with Gasteiger partial charge in [-0.15, -0.1) is 0 Å². The number of carboxylic acids is 1. The highest BCUT2D eigenvalue weighted by Gasteiger charge is 2.55. The second-order valence-electron chi connectivity index (χ2n) is 14.6. The molecule has 12 nitrogen and oxygen atoms in total. The van der Waals surface area contributed by atoms with Crippen LogP contribution in [-0.4, -0.2) is 95.0 Å². The number of allylic oxidation sites excluding steroid dienone is 5. The molecule has 0 saturated carbocycles. The van der Waals surface area contributed by atoms with Crippen LogP contribution in [0.4, 0.5) is 0 Å². The fourth-order valence-electron chi connectivity index (χ4n) is 7.02. The zero-order valence-corrected chi connectivity index (χ0v) is 31.9. The fraction of sp³-hybridized carbons (Fsp3) is 0.667. The lowest BCUT2D eigenvalue weighted by Gasteiger charge is -2.51. The van der Waals surface area contributed by atoms with Crippen molar-refractivity contribution in [3.63, 3.8) is 0 Å². The van der Waals surface area contributed by atoms with Gasteiger partial charge in [0.15, 0.2) is 0 Å². The largest absolute Gasteiger partial charge is 0.490 e. The first-order valence-corrected chi connectivity index (χ1v) is 17.7. The molecule has 51 heavy (non-hydrogen) atoms. The summed E-state index contributed by atoms with van der Waals surface area (Å²) in [6.45, 7) is 16.5. The first-order valence-electron chi connectivity index (χ1n) is 17.7. The molecule has 12 atom stereocenters. The van der Waals surface area contributed by atoms with E-state index in [0.717, 1.165) is 11.6 Å². The molecule has 0 bridgehead atoms. The van der Waals surface area contributed by atoms with Crippen LogP contribution < -0.4 is 0 Å². The average molecular weight is 721 g/mol. The number of aliphatic hydroxyl groups is 3. The first kappa shape index (κ1) is 43.9. The number of rotatable bonds is 10. The number of cyclic esters (lactones) is 1. The number of aliphatic hydroxyl groups excluding tert-OH is 3. The van der Waals surface area contributed by atoms with E-state index in [1.165, 1.54) is 20.3 Å². The van der Waals surface area contributed by atoms with Gasteiger partial charge in [0.05, 0.1) is 31.5 Å². The number of hydrogen-bond acceptors (Lipinski definition) is 11. The second kappa shape index (κ2) is 19.5. The molecule has 4 N–H and O–H groups in total. The lowest BCUT2D eigenvalue weighted by molar-refractivity contribution is -0.331. The van der Waals surface area contributed by atoms with E-state index in [9.17, 15) is 29.7 Å². The van der Waals surface area contributed by atoms with Crippen LogP contribution >= 0.6 is 0 Å². The summed E-state index contributed by atoms with van der Waals surface area (Å²) in [5.41, 5.74) is 1.68. The number of carbonyl (C=O) groups excluding carboxylic acids is 2. The third kappa shape index (κ3) is 11.9. The number of esters is 2. The summed E-state index contributed by atoms with van der Waals surface area (Å²) in [7, 11) is 2.78. The van der Waals surface area contributed by atoms with E-state index >= 15 is 0 Å². The number of carbonyl (C=O) groups is 3. The van der Waals surface area contributed by atoms with Gasteiger partial charge in [0.2, 0.25) is 11.5 Å². The molecule has 0 aromatic heterocycles. The lowest BCUT2D eigenvalue weighted by atomic mass is 9.76. The summed E-state index contributed by atoms with van der Waals surface area (Å²) in [5, 5.41) is 43.3. The van der Waals surface area contributed by atoms with Gasteiger partial charge in [-0.2, -0.15) is 0 Å². The molecule has 288 valence electrons. The summed E-state index contributed by atoms with van der Waals surface area (Å²) < 4.78 is 29.6. The average Bonchev–Trinajstić information content (AvgIpc) is 3.06. The minimum Gasteiger partial charge on any atom is -0.490 e. The van der Waals surface area contributed by atoms with Crippen molar-refractivity contribution in [1.29, 1.82) is 0 Å². The molecule has 1 fully saturated rings. The molecule has 2 heterocycles. The topological polar surface area (TPSA) is 178 Å². The van der Waals surface area contributed by atoms with Crippen molar-refractivity contribution in [2.24, 2.45) is 35.5 Å². The fourth-order valence-corrected chi connectivity index (χ4v) is 7.02. The normalized spacial score (nSPS) is 33.4. The van der Waals surface area contributed by atoms with Crippen LogP contribution in [0, 0.1) is 35.5 Å². The molecule has 12 heteroatoms. The van der Waals surface area contributed by atoms with Crippen molar-refractivity contribution in [1.82, 2.24) is 0 Å². The van der Waals surface area contributed by atoms with Crippen molar-refractivity contribution < 1.29 is 58.5 Å². The quantitative estimate of drug-likeness (QED) is 0.178. The Morgan fingerprint density at radius 1 is 1.04 bits per heavy atom. The summed E-state index contributed by atoms with van der Waals surface area (Å²) in [4.78, 5) is 37.8. The summed E-state index contributed by atoms with van der Waals surface area (Å²) in [6.07, 6.45) is 4.96. The van der Waals surface area contributed by atoms with E-state index in [1.807, 2.05) is 53.7 Å². The Morgan fingerprint density at radius 2 is 1.69 bits per heavy atom. The Hall–Kier alpha value is -3.29. The maximum atomic E-state index is 13.7. The van der Waals surface area contributed by atoms with Crippen molar-refractivity contribution in [3.05, 3.63) is 59.4 Å². The number of carboxylic acid groups (broad SMARTS) is 1. The van der Waals surface area contributed by atoms with Crippen molar-refractivity contribution in [3.8, 4) is 0 Å². The molecule has 0 amide bonds. The molecule has 0 radical (unpaired) electrons. The van der Waals surface area contributed by atoms with Gasteiger partial charge in [-0.3, -0.25) is 0 Å². The van der Waals surface area contributed by atoms with Gasteiger partial charge in [0.1, 0.15) is 12.2 Å². The van der Waals surface area contributed by atoms with Gasteiger partial charge >= 0.3 is 17.9 Å². The maximum absolute atomic E-state index is 13.7. The molecule has 0 aliphatic carbocycles. The summed E-state index contributed by atoms with van der Waals surface area (Å²) >= 11 is 0. The third-order valence-corrected chi connectivity index (χ3v) is 10.1. The van der Waals surface area contributed by atoms with Crippen LogP contribution in [0.5, 0.6) is 0 Å². The van der Waals surface area contributed by atoms with Crippen LogP contribution in [0.2, 0.25) is 0 Å². The Balaban J connectivity index is 2.67. The SMILES string of the molecule is COC1=CC(C)=CC(C)C(O)C(C)CC(C)=CC=CC(OC)C(C(C)C(O)C(C)C2(OC(=O)C=CC(=O)O)CC(O)C(C)C(C(C)C)O2)OC1=O. The standard InChI is InChI=1S/C39H60O12/c1-21(2)36-26(7)29(40)20-39(51-36,50-33(43)16-15-32(41)42)28(9)35(45)27(8)37-30(47-10)14-12-13-22(3)17-24(5)34(44)25(6)18-23(4)19-31(48-11)38(46)49-37/h12-16,18-19,21,24-30,34-37,40,44-45H,17,20H2,1-11H3,(H,41,42). The van der Waals surface area contributed by atoms with E-state index in [1.54, 1.807) is 32.9 Å². The predicted octanol–water partition coefficient (Wildman–Crippen LogP) is 4.88. The van der Waals surface area contributed by atoms with Crippen LogP contribution in [0.3, 0.4) is 0 Å². The Bertz CT molecular complexity index is 1350. The smallest absolute Gasteiger partial charge is 0.373 e. The molecule has 2 aliphatic rings. The zero-order chi connectivity index (χ0) is 38.8. The number of hydrogen-bond donors (Lipinski definition) is 4. The summed E-state index contributed by atoms with van der Waals surface area (Å²) in [5.74, 6) is -7.86. The van der Waals surface area contributed by atoms with Crippen LogP contribution in [-0.2, 0) is 38.1 Å². The van der Waals surface area contributed by atoms with E-state index in [-0.39, 0.29) is 35.9 Å². The Kier molecular flexibility index (Phi) is 16.8. The monoisotopic (exact) mass is 720 g/mol. The lowest BCUT2D eigenvalue weighted by Crippen LogP contribution is -2.60. The Morgan fingerprint density at radius 3 is 2.25 bits per heavy atom. The predicted molar refractivity (Wildman–Crippen MR) is 191 cm³/mol. The van der Waals surface area contributed by atoms with Gasteiger partial charge in [-0.25, -0.2) is 14.4 Å². The van der Waals surface area contributed by atoms with Crippen molar-refractivity contribution >= 4 is 17.9 Å². The first-order chi connectivity index (χ1) is 23.8. The van der Waals surface area contributed by atoms with Crippen LogP contribution in [0.1, 0.15) is 75.2 Å². The minimum absolute atomic E-state index is 0.0556. The van der Waals surface area contributed by atoms with E-state index in [4.69, 9.17) is 28.8 Å². The molecule has 1 saturated heterocycles. The Labute approximate surface area is 302 Å². The van der Waals surface area contributed by atoms with E-state index in [2.05, 4.69) is 0 Å². The maximum Gasteiger partial charge on any atom is 0.373 e. The minimum atomic E-state index is -1.88. The van der Waals surface area contributed by atoms with Crippen molar-refractivity contribution in [2.45, 2.75) is 118 Å². The highest BCUT2D eigenvalue weighted by molar-refractivity contribution is 5.91. The molecular weight excluding hydrogens is 660 g/mol. The van der Waals surface area contributed by atoms with Gasteiger partial charge < -0.3 is 44.1 Å². The summed E-state index contributed by atoms with van der Waals surface area (Å²) in [6, 6.07) is 0.